The summed E-state index contributed by atoms with van der Waals surface area (Å²) >= 11 is 7.57. The molecule has 0 aliphatic carbocycles. The Bertz CT molecular complexity index is 1470. The van der Waals surface area contributed by atoms with E-state index in [0.29, 0.717) is 42.9 Å². The Kier molecular flexibility index (Phi) is 6.03. The number of piperazine rings is 1. The van der Waals surface area contributed by atoms with E-state index in [1.807, 2.05) is 4.90 Å². The van der Waals surface area contributed by atoms with Crippen LogP contribution in [-0.4, -0.2) is 65.6 Å². The van der Waals surface area contributed by atoms with Crippen LogP contribution in [0.1, 0.15) is 0 Å². The predicted molar refractivity (Wildman–Crippen MR) is 132 cm³/mol. The summed E-state index contributed by atoms with van der Waals surface area (Å²) in [7, 11) is 1.39. The fraction of sp³-hybridized carbons (Fsp3) is 0.273. The van der Waals surface area contributed by atoms with E-state index < -0.39 is 11.6 Å². The molecule has 0 saturated carbocycles. The predicted octanol–water partition coefficient (Wildman–Crippen LogP) is 3.04. The van der Waals surface area contributed by atoms with Crippen molar-refractivity contribution in [3.63, 3.8) is 0 Å². The van der Waals surface area contributed by atoms with E-state index in [0.717, 1.165) is 11.3 Å². The molecule has 0 atom stereocenters. The van der Waals surface area contributed by atoms with Gasteiger partial charge < -0.3 is 26.0 Å². The van der Waals surface area contributed by atoms with Gasteiger partial charge in [-0.05, 0) is 18.2 Å². The molecule has 0 spiro atoms. The van der Waals surface area contributed by atoms with Crippen molar-refractivity contribution in [3.8, 4) is 17.1 Å². The monoisotopic (exact) mass is 519 g/mol. The number of ether oxygens (including phenoxy) is 1. The first-order valence-corrected chi connectivity index (χ1v) is 11.8. The Morgan fingerprint density at radius 3 is 2.60 bits per heavy atom. The first-order chi connectivity index (χ1) is 16.8. The summed E-state index contributed by atoms with van der Waals surface area (Å²) in [5.74, 6) is -0.928. The number of aromatic nitrogens is 3. The minimum atomic E-state index is -0.717. The molecule has 0 unspecified atom stereocenters. The molecular weight excluding hydrogens is 500 g/mol. The van der Waals surface area contributed by atoms with Gasteiger partial charge in [0.05, 0.1) is 28.9 Å². The number of halogens is 3. The molecule has 3 heterocycles. The Morgan fingerprint density at radius 1 is 1.17 bits per heavy atom. The Hall–Kier alpha value is -3.35. The van der Waals surface area contributed by atoms with Crippen molar-refractivity contribution in [2.45, 2.75) is 0 Å². The van der Waals surface area contributed by atoms with Crippen molar-refractivity contribution in [2.75, 3.05) is 50.5 Å². The number of hydrogen-bond donors (Lipinski definition) is 2. The molecule has 1 aliphatic rings. The van der Waals surface area contributed by atoms with E-state index in [1.54, 1.807) is 11.0 Å². The molecule has 13 heteroatoms. The van der Waals surface area contributed by atoms with Crippen LogP contribution in [0.15, 0.2) is 18.2 Å². The molecule has 1 aliphatic heterocycles. The number of benzene rings is 2. The molecule has 1 saturated heterocycles. The van der Waals surface area contributed by atoms with Crippen molar-refractivity contribution in [1.82, 2.24) is 19.9 Å². The van der Waals surface area contributed by atoms with Gasteiger partial charge in [-0.15, -0.1) is 0 Å². The fourth-order valence-corrected chi connectivity index (χ4v) is 5.29. The van der Waals surface area contributed by atoms with Gasteiger partial charge in [0.2, 0.25) is 5.91 Å². The summed E-state index contributed by atoms with van der Waals surface area (Å²) in [4.78, 5) is 28.4. The first-order valence-electron chi connectivity index (χ1n) is 10.6. The largest absolute Gasteiger partial charge is 0.467 e. The summed E-state index contributed by atoms with van der Waals surface area (Å²) in [6.07, 6.45) is 0. The van der Waals surface area contributed by atoms with Crippen LogP contribution in [-0.2, 0) is 4.79 Å². The van der Waals surface area contributed by atoms with E-state index in [-0.39, 0.29) is 49.9 Å². The van der Waals surface area contributed by atoms with Gasteiger partial charge in [-0.25, -0.2) is 13.8 Å². The third-order valence-corrected chi connectivity index (χ3v) is 7.10. The molecular formula is C22H20ClF2N7O2S. The van der Waals surface area contributed by atoms with Gasteiger partial charge in [0.1, 0.15) is 17.2 Å². The lowest BCUT2D eigenvalue weighted by Crippen LogP contribution is -2.50. The lowest BCUT2D eigenvalue weighted by Gasteiger charge is -2.35. The number of hydrogen-bond acceptors (Lipinski definition) is 9. The van der Waals surface area contributed by atoms with Crippen LogP contribution >= 0.6 is 22.9 Å². The number of nitrogens with two attached hydrogens (primary N) is 2. The highest BCUT2D eigenvalue weighted by atomic mass is 35.5. The molecule has 9 nitrogen and oxygen atoms in total. The smallest absolute Gasteiger partial charge is 0.318 e. The van der Waals surface area contributed by atoms with Crippen LogP contribution in [0.25, 0.3) is 32.2 Å². The SMILES string of the molecule is COc1nc(N2CCN(C(=O)CN)CC2)c2cc(Cl)c(-c3ccc(F)c4sc(N)nc34)c(F)c2n1. The molecule has 35 heavy (non-hydrogen) atoms. The molecule has 2 aromatic carbocycles. The number of methoxy groups -OCH3 is 1. The van der Waals surface area contributed by atoms with E-state index in [2.05, 4.69) is 15.0 Å². The lowest BCUT2D eigenvalue weighted by molar-refractivity contribution is -0.129. The van der Waals surface area contributed by atoms with Crippen LogP contribution in [0.5, 0.6) is 6.01 Å². The molecule has 4 aromatic rings. The number of carbonyl (C=O) groups excluding carboxylic acids is 1. The average molecular weight is 520 g/mol. The average Bonchev–Trinajstić information content (AvgIpc) is 3.27. The summed E-state index contributed by atoms with van der Waals surface area (Å²) < 4.78 is 35.8. The zero-order chi connectivity index (χ0) is 24.9. The maximum atomic E-state index is 16.1. The quantitative estimate of drug-likeness (QED) is 0.421. The fourth-order valence-electron chi connectivity index (χ4n) is 4.23. The Labute approximate surface area is 207 Å². The number of nitrogens with zero attached hydrogens (tertiary/aromatic N) is 5. The number of carbonyl (C=O) groups is 1. The first kappa shape index (κ1) is 23.4. The van der Waals surface area contributed by atoms with E-state index in [1.165, 1.54) is 19.2 Å². The molecule has 0 bridgehead atoms. The van der Waals surface area contributed by atoms with E-state index >= 15 is 4.39 Å². The highest BCUT2D eigenvalue weighted by Crippen LogP contribution is 2.42. The van der Waals surface area contributed by atoms with Crippen molar-refractivity contribution in [1.29, 1.82) is 0 Å². The van der Waals surface area contributed by atoms with Crippen LogP contribution in [0, 0.1) is 11.6 Å². The molecule has 5 rings (SSSR count). The van der Waals surface area contributed by atoms with Crippen LogP contribution in [0.4, 0.5) is 19.7 Å². The minimum absolute atomic E-state index is 0.00705. The molecule has 1 fully saturated rings. The summed E-state index contributed by atoms with van der Waals surface area (Å²) in [5.41, 5.74) is 11.8. The topological polar surface area (TPSA) is 123 Å². The maximum Gasteiger partial charge on any atom is 0.318 e. The number of amides is 1. The van der Waals surface area contributed by atoms with Crippen LogP contribution in [0.2, 0.25) is 5.02 Å². The van der Waals surface area contributed by atoms with Crippen molar-refractivity contribution in [3.05, 3.63) is 34.9 Å². The molecule has 4 N–H and O–H groups in total. The number of nitrogen functional groups attached to an aromatic ring is 1. The maximum absolute atomic E-state index is 16.1. The Balaban J connectivity index is 1.66. The zero-order valence-electron chi connectivity index (χ0n) is 18.5. The number of fused-ring (bicyclic) bond motifs is 2. The second-order valence-corrected chi connectivity index (χ2v) is 9.31. The molecule has 1 amide bonds. The Morgan fingerprint density at radius 2 is 1.91 bits per heavy atom. The summed E-state index contributed by atoms with van der Waals surface area (Å²) in [6.45, 7) is 1.74. The van der Waals surface area contributed by atoms with Gasteiger partial charge in [-0.3, -0.25) is 4.79 Å². The molecule has 2 aromatic heterocycles. The van der Waals surface area contributed by atoms with Gasteiger partial charge in [0.15, 0.2) is 10.9 Å². The third kappa shape index (κ3) is 3.97. The van der Waals surface area contributed by atoms with Gasteiger partial charge >= 0.3 is 6.01 Å². The van der Waals surface area contributed by atoms with Crippen molar-refractivity contribution < 1.29 is 18.3 Å². The number of anilines is 2. The van der Waals surface area contributed by atoms with E-state index in [9.17, 15) is 9.18 Å². The summed E-state index contributed by atoms with van der Waals surface area (Å²) in [6, 6.07) is 4.19. The highest BCUT2D eigenvalue weighted by Gasteiger charge is 2.27. The number of thiazole rings is 1. The second-order valence-electron chi connectivity index (χ2n) is 7.87. The van der Waals surface area contributed by atoms with Crippen LogP contribution < -0.4 is 21.1 Å². The highest BCUT2D eigenvalue weighted by molar-refractivity contribution is 7.22. The van der Waals surface area contributed by atoms with Crippen molar-refractivity contribution >= 4 is 60.9 Å². The summed E-state index contributed by atoms with van der Waals surface area (Å²) in [5, 5.41) is 0.621. The van der Waals surface area contributed by atoms with E-state index in [4.69, 9.17) is 27.8 Å². The lowest BCUT2D eigenvalue weighted by atomic mass is 10.0. The van der Waals surface area contributed by atoms with Crippen molar-refractivity contribution in [2.24, 2.45) is 5.73 Å². The van der Waals surface area contributed by atoms with Gasteiger partial charge in [0.25, 0.3) is 0 Å². The molecule has 182 valence electrons. The minimum Gasteiger partial charge on any atom is -0.467 e. The van der Waals surface area contributed by atoms with Gasteiger partial charge in [-0.2, -0.15) is 9.97 Å². The third-order valence-electron chi connectivity index (χ3n) is 5.91. The second kappa shape index (κ2) is 9.02. The van der Waals surface area contributed by atoms with Crippen LogP contribution in [0.3, 0.4) is 0 Å². The molecule has 0 radical (unpaired) electrons. The van der Waals surface area contributed by atoms with Gasteiger partial charge in [0, 0.05) is 42.7 Å². The normalized spacial score (nSPS) is 14.2. The number of rotatable bonds is 4. The zero-order valence-corrected chi connectivity index (χ0v) is 20.1. The van der Waals surface area contributed by atoms with Gasteiger partial charge in [-0.1, -0.05) is 22.9 Å². The standard InChI is InChI=1S/C22H20ClF2N7O2S/c1-34-22-29-17-11(20(30-22)32-6-4-31(5-7-32)14(33)9-26)8-12(23)15(16(17)25)10-2-3-13(24)19-18(10)28-21(27)35-19/h2-3,8H,4-7,9,26H2,1H3,(H2,27,28).